The summed E-state index contributed by atoms with van der Waals surface area (Å²) in [6, 6.07) is 3.76. The summed E-state index contributed by atoms with van der Waals surface area (Å²) >= 11 is 3.36. The third-order valence-corrected chi connectivity index (χ3v) is 2.15. The van der Waals surface area contributed by atoms with Crippen LogP contribution in [0.4, 0.5) is 0 Å². The van der Waals surface area contributed by atoms with Crippen molar-refractivity contribution in [1.29, 1.82) is 0 Å². The highest BCUT2D eigenvalue weighted by Crippen LogP contribution is 2.13. The third kappa shape index (κ3) is 3.85. The summed E-state index contributed by atoms with van der Waals surface area (Å²) in [6.07, 6.45) is 1.29. The third-order valence-electron chi connectivity index (χ3n) is 1.43. The minimum Gasteiger partial charge on any atom is -0.391 e. The van der Waals surface area contributed by atoms with E-state index in [2.05, 4.69) is 20.9 Å². The summed E-state index contributed by atoms with van der Waals surface area (Å²) < 4.78 is 6.15. The molecule has 1 aromatic heterocycles. The van der Waals surface area contributed by atoms with Gasteiger partial charge in [0.2, 0.25) is 0 Å². The largest absolute Gasteiger partial charge is 0.391 e. The predicted octanol–water partition coefficient (Wildman–Crippen LogP) is 1.74. The van der Waals surface area contributed by atoms with Crippen LogP contribution in [0.5, 0.6) is 0 Å². The summed E-state index contributed by atoms with van der Waals surface area (Å²) in [4.78, 5) is 4.12. The molecule has 0 amide bonds. The Balaban J connectivity index is 2.41. The molecule has 0 aromatic carbocycles. The molecule has 0 aliphatic carbocycles. The number of aliphatic hydroxyl groups is 1. The monoisotopic (exact) mass is 245 g/mol. The molecule has 1 heterocycles. The van der Waals surface area contributed by atoms with Gasteiger partial charge < -0.3 is 9.84 Å². The number of ether oxygens (including phenoxy) is 1. The van der Waals surface area contributed by atoms with E-state index in [1.807, 2.05) is 12.1 Å². The quantitative estimate of drug-likeness (QED) is 0.879. The first-order valence-electron chi connectivity index (χ1n) is 4.05. The van der Waals surface area contributed by atoms with Gasteiger partial charge >= 0.3 is 0 Å². The molecule has 0 saturated carbocycles. The van der Waals surface area contributed by atoms with E-state index in [0.717, 1.165) is 10.2 Å². The Morgan fingerprint density at radius 3 is 3.08 bits per heavy atom. The topological polar surface area (TPSA) is 42.4 Å². The Morgan fingerprint density at radius 2 is 2.46 bits per heavy atom. The van der Waals surface area contributed by atoms with E-state index in [-0.39, 0.29) is 0 Å². The molecule has 0 aliphatic heterocycles. The van der Waals surface area contributed by atoms with Crippen molar-refractivity contribution in [3.05, 3.63) is 28.5 Å². The van der Waals surface area contributed by atoms with Gasteiger partial charge in [0.15, 0.2) is 0 Å². The van der Waals surface area contributed by atoms with Crippen molar-refractivity contribution >= 4 is 15.9 Å². The second kappa shape index (κ2) is 5.32. The fourth-order valence-electron chi connectivity index (χ4n) is 0.851. The van der Waals surface area contributed by atoms with E-state index in [9.17, 15) is 0 Å². The van der Waals surface area contributed by atoms with Crippen molar-refractivity contribution < 1.29 is 9.84 Å². The second-order valence-corrected chi connectivity index (χ2v) is 3.65. The number of halogens is 1. The Morgan fingerprint density at radius 1 is 1.69 bits per heavy atom. The maximum atomic E-state index is 8.94. The highest BCUT2D eigenvalue weighted by atomic mass is 79.9. The first-order valence-corrected chi connectivity index (χ1v) is 4.84. The summed E-state index contributed by atoms with van der Waals surface area (Å²) in [7, 11) is 0. The Hall–Kier alpha value is -0.450. The molecule has 13 heavy (non-hydrogen) atoms. The Bertz CT molecular complexity index is 266. The van der Waals surface area contributed by atoms with Gasteiger partial charge in [-0.2, -0.15) is 0 Å². The van der Waals surface area contributed by atoms with E-state index in [1.165, 1.54) is 0 Å². The van der Waals surface area contributed by atoms with Crippen LogP contribution in [0.1, 0.15) is 12.6 Å². The SMILES string of the molecule is C[C@H](O)COCc1ncccc1Br. The summed E-state index contributed by atoms with van der Waals surface area (Å²) in [6.45, 7) is 2.45. The molecule has 1 aromatic rings. The lowest BCUT2D eigenvalue weighted by Crippen LogP contribution is -2.10. The van der Waals surface area contributed by atoms with Crippen molar-refractivity contribution in [3.8, 4) is 0 Å². The minimum atomic E-state index is -0.428. The summed E-state index contributed by atoms with van der Waals surface area (Å²) in [5.41, 5.74) is 0.850. The highest BCUT2D eigenvalue weighted by molar-refractivity contribution is 9.10. The van der Waals surface area contributed by atoms with Crippen molar-refractivity contribution in [3.63, 3.8) is 0 Å². The fourth-order valence-corrected chi connectivity index (χ4v) is 1.22. The number of pyridine rings is 1. The molecule has 4 heteroatoms. The lowest BCUT2D eigenvalue weighted by Gasteiger charge is -2.06. The molecule has 1 rings (SSSR count). The molecule has 1 atom stereocenters. The van der Waals surface area contributed by atoms with Crippen LogP contribution < -0.4 is 0 Å². The van der Waals surface area contributed by atoms with E-state index in [4.69, 9.17) is 9.84 Å². The van der Waals surface area contributed by atoms with Crippen LogP contribution in [-0.2, 0) is 11.3 Å². The first kappa shape index (κ1) is 10.6. The maximum absolute atomic E-state index is 8.94. The van der Waals surface area contributed by atoms with Crippen LogP contribution >= 0.6 is 15.9 Å². The van der Waals surface area contributed by atoms with Crippen molar-refractivity contribution in [2.24, 2.45) is 0 Å². The number of nitrogens with zero attached hydrogens (tertiary/aromatic N) is 1. The van der Waals surface area contributed by atoms with Crippen LogP contribution in [0.15, 0.2) is 22.8 Å². The summed E-state index contributed by atoms with van der Waals surface area (Å²) in [5, 5.41) is 8.94. The molecule has 1 N–H and O–H groups in total. The van der Waals surface area contributed by atoms with Crippen LogP contribution in [0.25, 0.3) is 0 Å². The van der Waals surface area contributed by atoms with Gasteiger partial charge in [0.05, 0.1) is 25.0 Å². The minimum absolute atomic E-state index is 0.336. The first-order chi connectivity index (χ1) is 6.20. The molecule has 0 saturated heterocycles. The normalized spacial score (nSPS) is 12.8. The predicted molar refractivity (Wildman–Crippen MR) is 53.3 cm³/mol. The smallest absolute Gasteiger partial charge is 0.0900 e. The fraction of sp³-hybridized carbons (Fsp3) is 0.444. The van der Waals surface area contributed by atoms with Gasteiger partial charge in [0, 0.05) is 10.7 Å². The van der Waals surface area contributed by atoms with Gasteiger partial charge in [-0.3, -0.25) is 4.98 Å². The summed E-state index contributed by atoms with van der Waals surface area (Å²) in [5.74, 6) is 0. The van der Waals surface area contributed by atoms with Crippen molar-refractivity contribution in [2.75, 3.05) is 6.61 Å². The Labute approximate surface area is 85.9 Å². The number of aromatic nitrogens is 1. The van der Waals surface area contributed by atoms with Crippen molar-refractivity contribution in [1.82, 2.24) is 4.98 Å². The molecule has 0 bridgehead atoms. The van der Waals surface area contributed by atoms with Gasteiger partial charge in [0.1, 0.15) is 0 Å². The average Bonchev–Trinajstić information content (AvgIpc) is 2.08. The molecule has 0 unspecified atom stereocenters. The maximum Gasteiger partial charge on any atom is 0.0900 e. The van der Waals surface area contributed by atoms with Gasteiger partial charge in [-0.1, -0.05) is 0 Å². The molecule has 0 fully saturated rings. The lowest BCUT2D eigenvalue weighted by atomic mass is 10.4. The van der Waals surface area contributed by atoms with Gasteiger partial charge in [-0.25, -0.2) is 0 Å². The van der Waals surface area contributed by atoms with E-state index >= 15 is 0 Å². The van der Waals surface area contributed by atoms with E-state index < -0.39 is 6.10 Å². The Kier molecular flexibility index (Phi) is 4.35. The van der Waals surface area contributed by atoms with Gasteiger partial charge in [0.25, 0.3) is 0 Å². The molecule has 0 spiro atoms. The standard InChI is InChI=1S/C9H12BrNO2/c1-7(12)5-13-6-9-8(10)3-2-4-11-9/h2-4,7,12H,5-6H2,1H3/t7-/m0/s1. The van der Waals surface area contributed by atoms with Gasteiger partial charge in [-0.15, -0.1) is 0 Å². The van der Waals surface area contributed by atoms with Crippen molar-refractivity contribution in [2.45, 2.75) is 19.6 Å². The second-order valence-electron chi connectivity index (χ2n) is 2.80. The number of hydrogen-bond acceptors (Lipinski definition) is 3. The number of rotatable bonds is 4. The van der Waals surface area contributed by atoms with Crippen LogP contribution in [0.2, 0.25) is 0 Å². The highest BCUT2D eigenvalue weighted by Gasteiger charge is 2.01. The lowest BCUT2D eigenvalue weighted by molar-refractivity contribution is 0.0360. The molecule has 3 nitrogen and oxygen atoms in total. The van der Waals surface area contributed by atoms with Crippen LogP contribution in [0, 0.1) is 0 Å². The zero-order valence-electron chi connectivity index (χ0n) is 7.40. The average molecular weight is 246 g/mol. The molecular weight excluding hydrogens is 234 g/mol. The van der Waals surface area contributed by atoms with E-state index in [0.29, 0.717) is 13.2 Å². The van der Waals surface area contributed by atoms with Crippen LogP contribution in [-0.4, -0.2) is 22.8 Å². The zero-order chi connectivity index (χ0) is 9.68. The van der Waals surface area contributed by atoms with Crippen LogP contribution in [0.3, 0.4) is 0 Å². The number of hydrogen-bond donors (Lipinski definition) is 1. The molecular formula is C9H12BrNO2. The zero-order valence-corrected chi connectivity index (χ0v) is 8.99. The molecule has 0 aliphatic rings. The van der Waals surface area contributed by atoms with E-state index in [1.54, 1.807) is 13.1 Å². The van der Waals surface area contributed by atoms with Gasteiger partial charge in [-0.05, 0) is 35.0 Å². The number of aliphatic hydroxyl groups excluding tert-OH is 1. The molecule has 0 radical (unpaired) electrons. The molecule has 72 valence electrons.